The van der Waals surface area contributed by atoms with Crippen molar-refractivity contribution >= 4 is 29.6 Å². The van der Waals surface area contributed by atoms with Crippen LogP contribution in [0.15, 0.2) is 46.3 Å². The van der Waals surface area contributed by atoms with Crippen molar-refractivity contribution in [3.8, 4) is 5.75 Å². The normalized spacial score (nSPS) is 11.0. The predicted molar refractivity (Wildman–Crippen MR) is 115 cm³/mol. The van der Waals surface area contributed by atoms with Gasteiger partial charge in [0, 0.05) is 24.1 Å². The first-order chi connectivity index (χ1) is 12.9. The number of nitrogens with zero attached hydrogens (tertiary/aromatic N) is 2. The summed E-state index contributed by atoms with van der Waals surface area (Å²) < 4.78 is 5.73. The molecular weight excluding hydrogens is 356 g/mol. The molecule has 0 atom stereocenters. The van der Waals surface area contributed by atoms with E-state index in [2.05, 4.69) is 18.8 Å². The van der Waals surface area contributed by atoms with Gasteiger partial charge in [0.2, 0.25) is 0 Å². The Morgan fingerprint density at radius 2 is 1.96 bits per heavy atom. The monoisotopic (exact) mass is 384 g/mol. The summed E-state index contributed by atoms with van der Waals surface area (Å²) in [7, 11) is 1.98. The van der Waals surface area contributed by atoms with Crippen LogP contribution in [0.1, 0.15) is 35.3 Å². The summed E-state index contributed by atoms with van der Waals surface area (Å²) in [5, 5.41) is 0. The molecule has 5 heteroatoms. The van der Waals surface area contributed by atoms with Gasteiger partial charge in [-0.15, -0.1) is 11.8 Å². The number of hydrogen-bond donors (Lipinski definition) is 0. The number of aliphatic imine (C=N–C) groups is 1. The second-order valence-corrected chi connectivity index (χ2v) is 7.73. The predicted octanol–water partition coefficient (Wildman–Crippen LogP) is 5.29. The number of aryl methyl sites for hydroxylation is 2. The maximum absolute atomic E-state index is 12.6. The highest BCUT2D eigenvalue weighted by Crippen LogP contribution is 2.25. The van der Waals surface area contributed by atoms with Crippen LogP contribution >= 0.6 is 11.8 Å². The summed E-state index contributed by atoms with van der Waals surface area (Å²) in [4.78, 5) is 20.3. The molecule has 0 fully saturated rings. The minimum absolute atomic E-state index is 0.0228. The lowest BCUT2D eigenvalue weighted by Gasteiger charge is -2.12. The van der Waals surface area contributed by atoms with Gasteiger partial charge in [0.05, 0.1) is 12.0 Å². The van der Waals surface area contributed by atoms with E-state index in [0.29, 0.717) is 5.56 Å². The van der Waals surface area contributed by atoms with Crippen LogP contribution in [0, 0.1) is 13.8 Å². The van der Waals surface area contributed by atoms with Crippen molar-refractivity contribution < 1.29 is 9.53 Å². The third-order valence-electron chi connectivity index (χ3n) is 4.22. The smallest absolute Gasteiger partial charge is 0.200 e. The lowest BCUT2D eigenvalue weighted by molar-refractivity contribution is 0.0920. The molecule has 2 aromatic carbocycles. The summed E-state index contributed by atoms with van der Waals surface area (Å²) in [5.41, 5.74) is 3.46. The molecule has 0 spiro atoms. The molecule has 27 heavy (non-hydrogen) atoms. The molecular formula is C22H28N2O2S. The van der Waals surface area contributed by atoms with Gasteiger partial charge in [0.25, 0.3) is 0 Å². The topological polar surface area (TPSA) is 41.9 Å². The van der Waals surface area contributed by atoms with Gasteiger partial charge in [-0.05, 0) is 68.0 Å². The number of benzene rings is 2. The highest BCUT2D eigenvalue weighted by molar-refractivity contribution is 7.99. The van der Waals surface area contributed by atoms with Crippen LogP contribution in [0.25, 0.3) is 0 Å². The van der Waals surface area contributed by atoms with E-state index in [9.17, 15) is 4.79 Å². The molecule has 0 saturated carbocycles. The molecule has 0 heterocycles. The summed E-state index contributed by atoms with van der Waals surface area (Å²) in [6.45, 7) is 9.02. The zero-order chi connectivity index (χ0) is 19.8. The second kappa shape index (κ2) is 10.2. The largest absolute Gasteiger partial charge is 0.485 e. The molecule has 0 radical (unpaired) electrons. The van der Waals surface area contributed by atoms with Crippen LogP contribution in [-0.4, -0.2) is 43.0 Å². The number of thioether (sulfide) groups is 1. The molecule has 0 aromatic heterocycles. The average Bonchev–Trinajstić information content (AvgIpc) is 2.66. The lowest BCUT2D eigenvalue weighted by atomic mass is 10.0. The van der Waals surface area contributed by atoms with Crippen molar-refractivity contribution in [3.63, 3.8) is 0 Å². The summed E-state index contributed by atoms with van der Waals surface area (Å²) in [6.07, 6.45) is 1.81. The molecule has 0 aliphatic carbocycles. The summed E-state index contributed by atoms with van der Waals surface area (Å²) in [5.74, 6) is 1.70. The summed E-state index contributed by atoms with van der Waals surface area (Å²) in [6, 6.07) is 11.7. The third-order valence-corrected chi connectivity index (χ3v) is 5.10. The molecule has 0 amide bonds. The van der Waals surface area contributed by atoms with Gasteiger partial charge >= 0.3 is 0 Å². The molecule has 4 nitrogen and oxygen atoms in total. The van der Waals surface area contributed by atoms with Crippen LogP contribution in [0.3, 0.4) is 0 Å². The van der Waals surface area contributed by atoms with Crippen LogP contribution in [0.5, 0.6) is 5.75 Å². The van der Waals surface area contributed by atoms with Crippen LogP contribution in [0.2, 0.25) is 0 Å². The Hall–Kier alpha value is -2.27. The quantitative estimate of drug-likeness (QED) is 0.255. The maximum atomic E-state index is 12.6. The zero-order valence-electron chi connectivity index (χ0n) is 16.8. The average molecular weight is 385 g/mol. The highest BCUT2D eigenvalue weighted by atomic mass is 32.2. The number of hydrogen-bond acceptors (Lipinski definition) is 4. The first kappa shape index (κ1) is 21.0. The molecule has 2 aromatic rings. The van der Waals surface area contributed by atoms with Gasteiger partial charge in [-0.2, -0.15) is 0 Å². The fraction of sp³-hybridized carbons (Fsp3) is 0.364. The maximum Gasteiger partial charge on any atom is 0.200 e. The third kappa shape index (κ3) is 6.14. The van der Waals surface area contributed by atoms with Crippen LogP contribution < -0.4 is 4.74 Å². The molecule has 0 unspecified atom stereocenters. The fourth-order valence-electron chi connectivity index (χ4n) is 2.53. The highest BCUT2D eigenvalue weighted by Gasteiger charge is 2.13. The van der Waals surface area contributed by atoms with Crippen LogP contribution in [0.4, 0.5) is 5.69 Å². The van der Waals surface area contributed by atoms with E-state index in [-0.39, 0.29) is 12.4 Å². The standard InChI is InChI=1S/C22H28N2O2S/c1-6-24(5)15-23-21-12-16(3)20(11-17(21)4)22(25)14-26-18-9-8-10-19(13-18)27-7-2/h8-13,15H,6-7,14H2,1-5H3. The fourth-order valence-corrected chi connectivity index (χ4v) is 3.24. The summed E-state index contributed by atoms with van der Waals surface area (Å²) >= 11 is 1.75. The lowest BCUT2D eigenvalue weighted by Crippen LogP contribution is -2.14. The molecule has 144 valence electrons. The number of carbonyl (C=O) groups excluding carboxylic acids is 1. The van der Waals surface area contributed by atoms with Crippen molar-refractivity contribution in [2.45, 2.75) is 32.6 Å². The number of carbonyl (C=O) groups is 1. The number of Topliss-reactive ketones (excluding diaryl/α,β-unsaturated/α-hetero) is 1. The minimum Gasteiger partial charge on any atom is -0.485 e. The Morgan fingerprint density at radius 3 is 2.67 bits per heavy atom. The van der Waals surface area contributed by atoms with E-state index >= 15 is 0 Å². The second-order valence-electron chi connectivity index (χ2n) is 6.39. The molecule has 0 N–H and O–H groups in total. The minimum atomic E-state index is -0.0228. The molecule has 0 bridgehead atoms. The van der Waals surface area contributed by atoms with Gasteiger partial charge in [-0.25, -0.2) is 4.99 Å². The Bertz CT molecular complexity index is 818. The Kier molecular flexibility index (Phi) is 7.92. The van der Waals surface area contributed by atoms with E-state index in [1.54, 1.807) is 11.8 Å². The zero-order valence-corrected chi connectivity index (χ0v) is 17.6. The first-order valence-electron chi connectivity index (χ1n) is 9.19. The van der Waals surface area contributed by atoms with Crippen molar-refractivity contribution in [1.82, 2.24) is 4.90 Å². The van der Waals surface area contributed by atoms with E-state index in [0.717, 1.165) is 39.8 Å². The SMILES string of the molecule is CCSc1cccc(OCC(=O)c2cc(C)c(N=CN(C)CC)cc2C)c1. The van der Waals surface area contributed by atoms with Gasteiger partial charge in [0.1, 0.15) is 5.75 Å². The molecule has 2 rings (SSSR count). The number of ether oxygens (including phenoxy) is 1. The molecule has 0 aliphatic heterocycles. The van der Waals surface area contributed by atoms with Gasteiger partial charge in [0.15, 0.2) is 12.4 Å². The van der Waals surface area contributed by atoms with E-state index in [4.69, 9.17) is 4.74 Å². The Labute approximate surface area is 166 Å². The van der Waals surface area contributed by atoms with E-state index in [1.807, 2.05) is 68.5 Å². The first-order valence-corrected chi connectivity index (χ1v) is 10.2. The van der Waals surface area contributed by atoms with Crippen molar-refractivity contribution in [2.75, 3.05) is 26.0 Å². The number of ketones is 1. The van der Waals surface area contributed by atoms with Crippen LogP contribution in [-0.2, 0) is 0 Å². The van der Waals surface area contributed by atoms with Crippen molar-refractivity contribution in [2.24, 2.45) is 4.99 Å². The number of rotatable bonds is 9. The Morgan fingerprint density at radius 1 is 1.19 bits per heavy atom. The van der Waals surface area contributed by atoms with Crippen molar-refractivity contribution in [3.05, 3.63) is 53.1 Å². The molecule has 0 saturated heterocycles. The van der Waals surface area contributed by atoms with Crippen molar-refractivity contribution in [1.29, 1.82) is 0 Å². The van der Waals surface area contributed by atoms with E-state index < -0.39 is 0 Å². The van der Waals surface area contributed by atoms with Gasteiger partial charge < -0.3 is 9.64 Å². The molecule has 0 aliphatic rings. The van der Waals surface area contributed by atoms with Gasteiger partial charge in [-0.1, -0.05) is 13.0 Å². The van der Waals surface area contributed by atoms with E-state index in [1.165, 1.54) is 0 Å². The Balaban J connectivity index is 2.09. The van der Waals surface area contributed by atoms with Gasteiger partial charge in [-0.3, -0.25) is 4.79 Å².